The molecule has 0 atom stereocenters. The summed E-state index contributed by atoms with van der Waals surface area (Å²) in [5.41, 5.74) is 5.20. The molecule has 0 radical (unpaired) electrons. The van der Waals surface area contributed by atoms with Gasteiger partial charge < -0.3 is 15.6 Å². The molecule has 3 aromatic rings. The lowest BCUT2D eigenvalue weighted by molar-refractivity contribution is 0.785. The lowest BCUT2D eigenvalue weighted by Gasteiger charge is -2.11. The summed E-state index contributed by atoms with van der Waals surface area (Å²) in [6, 6.07) is 16.9. The molecule has 0 aliphatic heterocycles. The Morgan fingerprint density at radius 2 is 1.69 bits per heavy atom. The Hall–Kier alpha value is -2.02. The van der Waals surface area contributed by atoms with Crippen LogP contribution in [0.5, 0.6) is 0 Å². The molecule has 4 nitrogen and oxygen atoms in total. The number of aromatic amines is 1. The lowest BCUT2D eigenvalue weighted by Crippen LogP contribution is -2.39. The summed E-state index contributed by atoms with van der Waals surface area (Å²) in [4.78, 5) is 7.69. The average molecular weight is 462 g/mol. The van der Waals surface area contributed by atoms with E-state index in [2.05, 4.69) is 76.2 Å². The van der Waals surface area contributed by atoms with Crippen LogP contribution in [-0.2, 0) is 12.8 Å². The van der Waals surface area contributed by atoms with Crippen LogP contribution in [0, 0.1) is 6.92 Å². The van der Waals surface area contributed by atoms with Gasteiger partial charge in [0.25, 0.3) is 0 Å². The topological polar surface area (TPSA) is 52.2 Å². The molecule has 0 bridgehead atoms. The smallest absolute Gasteiger partial charge is 0.190 e. The minimum Gasteiger partial charge on any atom is -0.361 e. The summed E-state index contributed by atoms with van der Waals surface area (Å²) in [6.07, 6.45) is 4.07. The summed E-state index contributed by atoms with van der Waals surface area (Å²) in [5, 5.41) is 8.09. The van der Waals surface area contributed by atoms with Gasteiger partial charge >= 0.3 is 0 Å². The van der Waals surface area contributed by atoms with Gasteiger partial charge in [0.15, 0.2) is 5.96 Å². The molecular weight excluding hydrogens is 435 g/mol. The Balaban J connectivity index is 0.00000243. The largest absolute Gasteiger partial charge is 0.361 e. The number of para-hydroxylation sites is 1. The molecule has 0 unspecified atom stereocenters. The highest BCUT2D eigenvalue weighted by Crippen LogP contribution is 2.21. The van der Waals surface area contributed by atoms with Gasteiger partial charge in [-0.25, -0.2) is 0 Å². The number of nitrogens with one attached hydrogen (secondary N) is 3. The first-order valence-electron chi connectivity index (χ1n) is 8.82. The molecule has 0 amide bonds. The van der Waals surface area contributed by atoms with Gasteiger partial charge in [-0.15, -0.1) is 24.0 Å². The zero-order valence-electron chi connectivity index (χ0n) is 15.4. The number of guanidine groups is 1. The molecule has 26 heavy (non-hydrogen) atoms. The predicted octanol–water partition coefficient (Wildman–Crippen LogP) is 4.04. The number of hydrogen-bond donors (Lipinski definition) is 3. The Bertz CT molecular complexity index is 840. The molecule has 138 valence electrons. The van der Waals surface area contributed by atoms with Gasteiger partial charge in [-0.2, -0.15) is 0 Å². The van der Waals surface area contributed by atoms with Crippen molar-refractivity contribution in [3.05, 3.63) is 71.4 Å². The molecule has 0 aliphatic carbocycles. The second-order valence-corrected chi connectivity index (χ2v) is 6.22. The molecule has 5 heteroatoms. The summed E-state index contributed by atoms with van der Waals surface area (Å²) >= 11 is 0. The van der Waals surface area contributed by atoms with E-state index in [1.165, 1.54) is 27.6 Å². The maximum Gasteiger partial charge on any atom is 0.190 e. The van der Waals surface area contributed by atoms with Crippen molar-refractivity contribution >= 4 is 40.8 Å². The Morgan fingerprint density at radius 3 is 2.42 bits per heavy atom. The number of benzene rings is 2. The zero-order chi connectivity index (χ0) is 17.5. The molecule has 1 heterocycles. The second kappa shape index (κ2) is 10.2. The van der Waals surface area contributed by atoms with Gasteiger partial charge in [0.1, 0.15) is 0 Å². The standard InChI is InChI=1S/C21H26N4.HI/c1-16-7-6-10-19-18(15-25-20(16)19)12-14-24-21(22-2)23-13-11-17-8-4-3-5-9-17;/h3-10,15,25H,11-14H2,1-2H3,(H2,22,23,24);1H. The molecule has 0 fully saturated rings. The third-order valence-corrected chi connectivity index (χ3v) is 4.47. The number of aryl methyl sites for hydroxylation is 1. The van der Waals surface area contributed by atoms with Crippen LogP contribution in [0.25, 0.3) is 10.9 Å². The molecule has 0 spiro atoms. The van der Waals surface area contributed by atoms with Gasteiger partial charge in [-0.05, 0) is 36.5 Å². The van der Waals surface area contributed by atoms with Crippen LogP contribution in [0.2, 0.25) is 0 Å². The monoisotopic (exact) mass is 462 g/mol. The van der Waals surface area contributed by atoms with Crippen LogP contribution in [0.1, 0.15) is 16.7 Å². The fraction of sp³-hybridized carbons (Fsp3) is 0.286. The van der Waals surface area contributed by atoms with Crippen LogP contribution in [0.3, 0.4) is 0 Å². The highest BCUT2D eigenvalue weighted by molar-refractivity contribution is 14.0. The number of aromatic nitrogens is 1. The number of H-pyrrole nitrogens is 1. The fourth-order valence-corrected chi connectivity index (χ4v) is 3.08. The SMILES string of the molecule is CN=C(NCCc1ccccc1)NCCc1c[nH]c2c(C)cccc12.I. The third-order valence-electron chi connectivity index (χ3n) is 4.47. The van der Waals surface area contributed by atoms with Gasteiger partial charge in [0.05, 0.1) is 0 Å². The Labute approximate surface area is 172 Å². The summed E-state index contributed by atoms with van der Waals surface area (Å²) < 4.78 is 0. The molecule has 2 aromatic carbocycles. The number of fused-ring (bicyclic) bond motifs is 1. The van der Waals surface area contributed by atoms with Gasteiger partial charge in [-0.3, -0.25) is 4.99 Å². The first-order valence-corrected chi connectivity index (χ1v) is 8.82. The van der Waals surface area contributed by atoms with E-state index in [9.17, 15) is 0 Å². The number of aliphatic imine (C=N–C) groups is 1. The molecule has 0 aliphatic rings. The van der Waals surface area contributed by atoms with Crippen molar-refractivity contribution in [2.45, 2.75) is 19.8 Å². The van der Waals surface area contributed by atoms with E-state index in [0.29, 0.717) is 0 Å². The maximum absolute atomic E-state index is 4.30. The quantitative estimate of drug-likeness (QED) is 0.294. The number of hydrogen-bond acceptors (Lipinski definition) is 1. The van der Waals surface area contributed by atoms with E-state index in [0.717, 1.165) is 31.9 Å². The van der Waals surface area contributed by atoms with E-state index in [1.807, 2.05) is 13.1 Å². The third kappa shape index (κ3) is 5.24. The minimum absolute atomic E-state index is 0. The highest BCUT2D eigenvalue weighted by Gasteiger charge is 2.05. The van der Waals surface area contributed by atoms with Gasteiger partial charge in [0.2, 0.25) is 0 Å². The van der Waals surface area contributed by atoms with Crippen molar-refractivity contribution in [1.29, 1.82) is 0 Å². The van der Waals surface area contributed by atoms with E-state index in [-0.39, 0.29) is 24.0 Å². The average Bonchev–Trinajstić information content (AvgIpc) is 3.06. The first-order chi connectivity index (χ1) is 12.3. The normalized spacial score (nSPS) is 11.2. The molecule has 1 aromatic heterocycles. The molecular formula is C21H27IN4. The van der Waals surface area contributed by atoms with Crippen LogP contribution in [-0.4, -0.2) is 31.1 Å². The van der Waals surface area contributed by atoms with E-state index in [4.69, 9.17) is 0 Å². The summed E-state index contributed by atoms with van der Waals surface area (Å²) in [5.74, 6) is 0.854. The van der Waals surface area contributed by atoms with E-state index >= 15 is 0 Å². The number of halogens is 1. The molecule has 3 N–H and O–H groups in total. The van der Waals surface area contributed by atoms with Crippen molar-refractivity contribution < 1.29 is 0 Å². The highest BCUT2D eigenvalue weighted by atomic mass is 127. The Kier molecular flexibility index (Phi) is 7.97. The van der Waals surface area contributed by atoms with Crippen LogP contribution >= 0.6 is 24.0 Å². The molecule has 0 saturated carbocycles. The van der Waals surface area contributed by atoms with Gasteiger partial charge in [0, 0.05) is 37.2 Å². The van der Waals surface area contributed by atoms with Gasteiger partial charge in [-0.1, -0.05) is 48.5 Å². The first kappa shape index (κ1) is 20.3. The van der Waals surface area contributed by atoms with E-state index < -0.39 is 0 Å². The predicted molar refractivity (Wildman–Crippen MR) is 122 cm³/mol. The molecule has 0 saturated heterocycles. The van der Waals surface area contributed by atoms with Crippen molar-refractivity contribution in [3.63, 3.8) is 0 Å². The van der Waals surface area contributed by atoms with Crippen molar-refractivity contribution in [2.24, 2.45) is 4.99 Å². The second-order valence-electron chi connectivity index (χ2n) is 6.22. The van der Waals surface area contributed by atoms with Crippen molar-refractivity contribution in [2.75, 3.05) is 20.1 Å². The maximum atomic E-state index is 4.30. The molecule has 3 rings (SSSR count). The zero-order valence-corrected chi connectivity index (χ0v) is 17.7. The Morgan fingerprint density at radius 1 is 0.962 bits per heavy atom. The number of rotatable bonds is 6. The van der Waals surface area contributed by atoms with Crippen molar-refractivity contribution in [3.8, 4) is 0 Å². The fourth-order valence-electron chi connectivity index (χ4n) is 3.08. The summed E-state index contributed by atoms with van der Waals surface area (Å²) in [7, 11) is 1.81. The van der Waals surface area contributed by atoms with Crippen molar-refractivity contribution in [1.82, 2.24) is 15.6 Å². The van der Waals surface area contributed by atoms with Crippen LogP contribution in [0.4, 0.5) is 0 Å². The lowest BCUT2D eigenvalue weighted by atomic mass is 10.1. The van der Waals surface area contributed by atoms with Crippen LogP contribution in [0.15, 0.2) is 59.7 Å². The number of nitrogens with zero attached hydrogens (tertiary/aromatic N) is 1. The van der Waals surface area contributed by atoms with E-state index in [1.54, 1.807) is 0 Å². The minimum atomic E-state index is 0. The summed E-state index contributed by atoms with van der Waals surface area (Å²) in [6.45, 7) is 3.86. The van der Waals surface area contributed by atoms with Crippen LogP contribution < -0.4 is 10.6 Å².